The first-order chi connectivity index (χ1) is 15.6. The summed E-state index contributed by atoms with van der Waals surface area (Å²) in [5.41, 5.74) is 3.18. The van der Waals surface area contributed by atoms with Crippen molar-refractivity contribution in [2.75, 3.05) is 31.2 Å². The average Bonchev–Trinajstić information content (AvgIpc) is 3.18. The number of ether oxygens (including phenoxy) is 1. The molecule has 2 aliphatic rings. The van der Waals surface area contributed by atoms with Gasteiger partial charge in [-0.25, -0.2) is 18.9 Å². The molecule has 32 heavy (non-hydrogen) atoms. The molecule has 1 aliphatic carbocycles. The number of hydrogen-bond acceptors (Lipinski definition) is 6. The van der Waals surface area contributed by atoms with E-state index in [1.807, 2.05) is 6.92 Å². The van der Waals surface area contributed by atoms with Gasteiger partial charge in [0.1, 0.15) is 10.6 Å². The average molecular weight is 451 g/mol. The lowest BCUT2D eigenvalue weighted by Gasteiger charge is -2.30. The molecule has 1 saturated heterocycles. The second kappa shape index (κ2) is 7.64. The zero-order chi connectivity index (χ0) is 21.8. The highest BCUT2D eigenvalue weighted by Gasteiger charge is 2.26. The fourth-order valence-corrected chi connectivity index (χ4v) is 6.21. The maximum atomic E-state index is 14.0. The Balaban J connectivity index is 1.72. The molecule has 0 bridgehead atoms. The van der Waals surface area contributed by atoms with Crippen molar-refractivity contribution in [2.45, 2.75) is 32.6 Å². The summed E-state index contributed by atoms with van der Waals surface area (Å²) in [4.78, 5) is 28.4. The number of nitrogens with zero attached hydrogens (tertiary/aromatic N) is 4. The molecule has 0 saturated carbocycles. The number of halogens is 1. The summed E-state index contributed by atoms with van der Waals surface area (Å²) in [5, 5.41) is 1.59. The van der Waals surface area contributed by atoms with E-state index < -0.39 is 0 Å². The number of thiophene rings is 1. The predicted molar refractivity (Wildman–Crippen MR) is 125 cm³/mol. The van der Waals surface area contributed by atoms with Crippen molar-refractivity contribution in [3.05, 3.63) is 56.6 Å². The number of benzene rings is 1. The van der Waals surface area contributed by atoms with Gasteiger partial charge >= 0.3 is 0 Å². The zero-order valence-corrected chi connectivity index (χ0v) is 18.7. The first-order valence-corrected chi connectivity index (χ1v) is 11.9. The van der Waals surface area contributed by atoms with E-state index in [1.54, 1.807) is 28.0 Å². The van der Waals surface area contributed by atoms with Crippen molar-refractivity contribution >= 4 is 38.4 Å². The number of rotatable bonds is 2. The van der Waals surface area contributed by atoms with Crippen LogP contribution in [0.3, 0.4) is 0 Å². The molecular weight excluding hydrogens is 427 g/mol. The third-order valence-electron chi connectivity index (χ3n) is 6.46. The molecule has 1 aliphatic heterocycles. The van der Waals surface area contributed by atoms with Crippen LogP contribution >= 0.6 is 11.3 Å². The van der Waals surface area contributed by atoms with Crippen molar-refractivity contribution in [1.29, 1.82) is 0 Å². The van der Waals surface area contributed by atoms with Gasteiger partial charge in [-0.15, -0.1) is 11.3 Å². The third kappa shape index (κ3) is 3.04. The molecule has 164 valence electrons. The highest BCUT2D eigenvalue weighted by Crippen LogP contribution is 2.39. The van der Waals surface area contributed by atoms with Crippen LogP contribution in [-0.4, -0.2) is 40.8 Å². The predicted octanol–water partition coefficient (Wildman–Crippen LogP) is 4.16. The lowest BCUT2D eigenvalue weighted by molar-refractivity contribution is 0.122. The second-order valence-electron chi connectivity index (χ2n) is 8.44. The Morgan fingerprint density at radius 3 is 2.56 bits per heavy atom. The minimum atomic E-state index is -0.340. The number of anilines is 1. The van der Waals surface area contributed by atoms with Gasteiger partial charge in [0.15, 0.2) is 0 Å². The minimum Gasteiger partial charge on any atom is -0.378 e. The molecule has 3 aromatic heterocycles. The monoisotopic (exact) mass is 450 g/mol. The molecule has 0 unspecified atom stereocenters. The summed E-state index contributed by atoms with van der Waals surface area (Å²) >= 11 is 1.74. The van der Waals surface area contributed by atoms with Crippen LogP contribution in [0.4, 0.5) is 10.3 Å². The molecule has 6 rings (SSSR count). The number of aryl methyl sites for hydroxylation is 3. The smallest absolute Gasteiger partial charge is 0.269 e. The van der Waals surface area contributed by atoms with Crippen LogP contribution in [0.2, 0.25) is 0 Å². The number of morpholine rings is 1. The Hall–Kier alpha value is -2.84. The lowest BCUT2D eigenvalue weighted by Crippen LogP contribution is -2.40. The van der Waals surface area contributed by atoms with Crippen molar-refractivity contribution in [2.24, 2.45) is 0 Å². The van der Waals surface area contributed by atoms with E-state index in [2.05, 4.69) is 4.90 Å². The van der Waals surface area contributed by atoms with Crippen LogP contribution < -0.4 is 10.5 Å². The van der Waals surface area contributed by atoms with Crippen LogP contribution in [0.5, 0.6) is 0 Å². The number of pyridine rings is 1. The largest absolute Gasteiger partial charge is 0.378 e. The quantitative estimate of drug-likeness (QED) is 0.459. The van der Waals surface area contributed by atoms with Gasteiger partial charge in [0, 0.05) is 23.4 Å². The fraction of sp³-hybridized carbons (Fsp3) is 0.375. The Morgan fingerprint density at radius 1 is 1.03 bits per heavy atom. The standard InChI is InChI=1S/C24H23FN4O2S/c1-14-19-21(20-17-4-2-3-5-18(17)32-22(20)26-14)27-24(28-10-12-31-13-11-28)29(23(19)30)16-8-6-15(25)7-9-16/h6-9H,2-5,10-13H2,1H3. The van der Waals surface area contributed by atoms with Crippen molar-refractivity contribution < 1.29 is 9.13 Å². The van der Waals surface area contributed by atoms with Gasteiger partial charge in [-0.2, -0.15) is 0 Å². The molecule has 1 fully saturated rings. The van der Waals surface area contributed by atoms with E-state index in [4.69, 9.17) is 14.7 Å². The van der Waals surface area contributed by atoms with Gasteiger partial charge in [0.2, 0.25) is 5.95 Å². The van der Waals surface area contributed by atoms with E-state index in [9.17, 15) is 9.18 Å². The molecule has 8 heteroatoms. The fourth-order valence-electron chi connectivity index (χ4n) is 4.90. The summed E-state index contributed by atoms with van der Waals surface area (Å²) in [7, 11) is 0. The van der Waals surface area contributed by atoms with Gasteiger partial charge in [-0.05, 0) is 62.4 Å². The van der Waals surface area contributed by atoms with Crippen LogP contribution in [-0.2, 0) is 17.6 Å². The molecule has 0 spiro atoms. The highest BCUT2D eigenvalue weighted by molar-refractivity contribution is 7.19. The number of hydrogen-bond donors (Lipinski definition) is 0. The van der Waals surface area contributed by atoms with E-state index in [-0.39, 0.29) is 11.4 Å². The van der Waals surface area contributed by atoms with Gasteiger partial charge in [0.25, 0.3) is 5.56 Å². The second-order valence-corrected chi connectivity index (χ2v) is 9.52. The normalized spacial score (nSPS) is 16.6. The molecular formula is C24H23FN4O2S. The van der Waals surface area contributed by atoms with Crippen LogP contribution in [0.15, 0.2) is 29.1 Å². The Labute approximate surface area is 188 Å². The zero-order valence-electron chi connectivity index (χ0n) is 17.9. The Bertz CT molecular complexity index is 1400. The molecule has 0 atom stereocenters. The van der Waals surface area contributed by atoms with Crippen molar-refractivity contribution in [1.82, 2.24) is 14.5 Å². The summed E-state index contributed by atoms with van der Waals surface area (Å²) < 4.78 is 20.8. The molecule has 6 nitrogen and oxygen atoms in total. The van der Waals surface area contributed by atoms with Crippen LogP contribution in [0.25, 0.3) is 26.8 Å². The van der Waals surface area contributed by atoms with Crippen LogP contribution in [0, 0.1) is 12.7 Å². The molecule has 0 N–H and O–H groups in total. The van der Waals surface area contributed by atoms with E-state index >= 15 is 0 Å². The Morgan fingerprint density at radius 2 is 1.78 bits per heavy atom. The topological polar surface area (TPSA) is 60.2 Å². The summed E-state index contributed by atoms with van der Waals surface area (Å²) in [6.45, 7) is 4.33. The maximum Gasteiger partial charge on any atom is 0.269 e. The lowest BCUT2D eigenvalue weighted by atomic mass is 9.96. The molecule has 4 heterocycles. The van der Waals surface area contributed by atoms with Crippen LogP contribution in [0.1, 0.15) is 29.0 Å². The molecule has 4 aromatic rings. The SMILES string of the molecule is Cc1nc2sc3c(c2c2nc(N4CCOCC4)n(-c4ccc(F)cc4)c(=O)c12)CCCC3. The third-order valence-corrected chi connectivity index (χ3v) is 7.65. The molecule has 0 amide bonds. The van der Waals surface area contributed by atoms with Crippen molar-refractivity contribution in [3.63, 3.8) is 0 Å². The summed E-state index contributed by atoms with van der Waals surface area (Å²) in [5.74, 6) is 0.244. The molecule has 0 radical (unpaired) electrons. The number of aromatic nitrogens is 3. The van der Waals surface area contributed by atoms with E-state index in [1.165, 1.54) is 29.0 Å². The first kappa shape index (κ1) is 19.8. The van der Waals surface area contributed by atoms with Gasteiger partial charge in [-0.1, -0.05) is 0 Å². The molecule has 1 aromatic carbocycles. The van der Waals surface area contributed by atoms with Crippen molar-refractivity contribution in [3.8, 4) is 5.69 Å². The van der Waals surface area contributed by atoms with Gasteiger partial charge in [-0.3, -0.25) is 4.79 Å². The van der Waals surface area contributed by atoms with E-state index in [0.29, 0.717) is 49.0 Å². The highest BCUT2D eigenvalue weighted by atomic mass is 32.1. The summed E-state index contributed by atoms with van der Waals surface area (Å²) in [6, 6.07) is 6.00. The maximum absolute atomic E-state index is 14.0. The summed E-state index contributed by atoms with van der Waals surface area (Å²) in [6.07, 6.45) is 4.42. The van der Waals surface area contributed by atoms with Gasteiger partial charge < -0.3 is 9.64 Å². The first-order valence-electron chi connectivity index (χ1n) is 11.1. The Kier molecular flexibility index (Phi) is 4.73. The van der Waals surface area contributed by atoms with E-state index in [0.717, 1.165) is 35.0 Å². The van der Waals surface area contributed by atoms with Gasteiger partial charge in [0.05, 0.1) is 35.5 Å². The number of fused-ring (bicyclic) bond motifs is 5. The minimum absolute atomic E-state index is 0.161.